The van der Waals surface area contributed by atoms with Crippen molar-refractivity contribution in [2.45, 2.75) is 56.6 Å². The molecule has 2 atom stereocenters. The molecule has 110 valence electrons. The zero-order valence-corrected chi connectivity index (χ0v) is 14.1. The summed E-state index contributed by atoms with van der Waals surface area (Å²) in [6.45, 7) is 2.30. The molecule has 0 radical (unpaired) electrons. The lowest BCUT2D eigenvalue weighted by atomic mass is 9.86. The van der Waals surface area contributed by atoms with Gasteiger partial charge in [0.15, 0.2) is 0 Å². The molecule has 1 aliphatic carbocycles. The number of rotatable bonds is 2. The van der Waals surface area contributed by atoms with Crippen LogP contribution in [0.2, 0.25) is 0 Å². The topological polar surface area (TPSA) is 23.5 Å². The molecule has 20 heavy (non-hydrogen) atoms. The number of halogens is 1. The highest BCUT2D eigenvalue weighted by molar-refractivity contribution is 14.1. The molecule has 1 N–H and O–H groups in total. The normalized spacial score (nSPS) is 29.5. The second-order valence-corrected chi connectivity index (χ2v) is 7.53. The van der Waals surface area contributed by atoms with E-state index in [0.717, 1.165) is 19.5 Å². The Hall–Kier alpha value is -0.130. The summed E-state index contributed by atoms with van der Waals surface area (Å²) in [6, 6.07) is 9.44. The first kappa shape index (κ1) is 14.8. The molecule has 0 spiro atoms. The number of aliphatic hydroxyl groups is 1. The zero-order chi connectivity index (χ0) is 13.9. The fourth-order valence-corrected chi connectivity index (χ4v) is 4.18. The van der Waals surface area contributed by atoms with Gasteiger partial charge in [-0.05, 0) is 85.0 Å². The lowest BCUT2D eigenvalue weighted by Gasteiger charge is -2.41. The highest BCUT2D eigenvalue weighted by atomic mass is 127. The third-order valence-corrected chi connectivity index (χ3v) is 5.75. The highest BCUT2D eigenvalue weighted by Crippen LogP contribution is 2.32. The van der Waals surface area contributed by atoms with Gasteiger partial charge >= 0.3 is 0 Å². The summed E-state index contributed by atoms with van der Waals surface area (Å²) in [4.78, 5) is 2.55. The molecule has 1 unspecified atom stereocenters. The van der Waals surface area contributed by atoms with E-state index in [1.54, 1.807) is 0 Å². The number of nitrogens with zero attached hydrogens (tertiary/aromatic N) is 1. The van der Waals surface area contributed by atoms with Crippen molar-refractivity contribution in [3.8, 4) is 0 Å². The summed E-state index contributed by atoms with van der Waals surface area (Å²) in [6.07, 6.45) is 7.08. The first-order valence-electron chi connectivity index (χ1n) is 7.91. The third kappa shape index (κ3) is 3.37. The minimum atomic E-state index is -0.0846. The average Bonchev–Trinajstić information content (AvgIpc) is 2.49. The van der Waals surface area contributed by atoms with Crippen LogP contribution in [-0.4, -0.2) is 35.2 Å². The van der Waals surface area contributed by atoms with Crippen molar-refractivity contribution in [3.05, 3.63) is 33.4 Å². The molecule has 1 saturated carbocycles. The summed E-state index contributed by atoms with van der Waals surface area (Å²) in [5.74, 6) is 0.712. The molecule has 3 heteroatoms. The van der Waals surface area contributed by atoms with E-state index < -0.39 is 0 Å². The lowest BCUT2D eigenvalue weighted by Crippen LogP contribution is -2.48. The maximum absolute atomic E-state index is 10.2. The molecule has 0 aromatic heterocycles. The molecule has 2 aliphatic rings. The van der Waals surface area contributed by atoms with Gasteiger partial charge < -0.3 is 5.11 Å². The summed E-state index contributed by atoms with van der Waals surface area (Å²) in [5, 5.41) is 10.2. The third-order valence-electron chi connectivity index (χ3n) is 5.03. The van der Waals surface area contributed by atoms with Crippen LogP contribution in [0.25, 0.3) is 0 Å². The van der Waals surface area contributed by atoms with Crippen molar-refractivity contribution >= 4 is 22.6 Å². The van der Waals surface area contributed by atoms with Crippen LogP contribution in [0.5, 0.6) is 0 Å². The molecule has 3 rings (SSSR count). The first-order chi connectivity index (χ1) is 9.74. The monoisotopic (exact) mass is 385 g/mol. The van der Waals surface area contributed by atoms with Crippen molar-refractivity contribution in [2.75, 3.05) is 13.1 Å². The van der Waals surface area contributed by atoms with Gasteiger partial charge in [-0.3, -0.25) is 4.90 Å². The zero-order valence-electron chi connectivity index (χ0n) is 12.0. The van der Waals surface area contributed by atoms with Crippen LogP contribution in [0.3, 0.4) is 0 Å². The van der Waals surface area contributed by atoms with Crippen molar-refractivity contribution in [1.29, 1.82) is 0 Å². The Kier molecular flexibility index (Phi) is 5.00. The van der Waals surface area contributed by atoms with Crippen LogP contribution in [-0.2, 0) is 0 Å². The predicted octanol–water partition coefficient (Wildman–Crippen LogP) is 3.77. The Bertz CT molecular complexity index is 425. The molecule has 1 heterocycles. The van der Waals surface area contributed by atoms with Gasteiger partial charge in [-0.15, -0.1) is 0 Å². The SMILES string of the molecule is O[C@@H]1CCCCC1N1CCC(c2ccc(I)cc2)CC1. The Morgan fingerprint density at radius 1 is 0.950 bits per heavy atom. The van der Waals surface area contributed by atoms with E-state index in [4.69, 9.17) is 0 Å². The second kappa shape index (κ2) is 6.75. The van der Waals surface area contributed by atoms with E-state index in [2.05, 4.69) is 51.8 Å². The van der Waals surface area contributed by atoms with Crippen molar-refractivity contribution in [3.63, 3.8) is 0 Å². The van der Waals surface area contributed by atoms with Crippen LogP contribution < -0.4 is 0 Å². The van der Waals surface area contributed by atoms with Gasteiger partial charge in [0, 0.05) is 9.61 Å². The Morgan fingerprint density at radius 3 is 2.25 bits per heavy atom. The minimum absolute atomic E-state index is 0.0846. The number of piperidine rings is 1. The van der Waals surface area contributed by atoms with Crippen molar-refractivity contribution in [2.24, 2.45) is 0 Å². The minimum Gasteiger partial charge on any atom is -0.391 e. The summed E-state index contributed by atoms with van der Waals surface area (Å²) in [5.41, 5.74) is 1.49. The summed E-state index contributed by atoms with van der Waals surface area (Å²) >= 11 is 2.37. The molecule has 0 amide bonds. The van der Waals surface area contributed by atoms with Crippen LogP contribution in [0.1, 0.15) is 50.0 Å². The second-order valence-electron chi connectivity index (χ2n) is 6.28. The van der Waals surface area contributed by atoms with E-state index in [-0.39, 0.29) is 6.10 Å². The van der Waals surface area contributed by atoms with E-state index in [1.807, 2.05) is 0 Å². The average molecular weight is 385 g/mol. The molecule has 2 nitrogen and oxygen atoms in total. The van der Waals surface area contributed by atoms with Gasteiger partial charge in [0.2, 0.25) is 0 Å². The Morgan fingerprint density at radius 2 is 1.60 bits per heavy atom. The standard InChI is InChI=1S/C17H24INO/c18-15-7-5-13(6-8-15)14-9-11-19(12-10-14)16-3-1-2-4-17(16)20/h5-8,14,16-17,20H,1-4,9-12H2/t16?,17-/m1/s1. The molecule has 1 aromatic rings. The van der Waals surface area contributed by atoms with Gasteiger partial charge in [-0.2, -0.15) is 0 Å². The quantitative estimate of drug-likeness (QED) is 0.784. The number of aliphatic hydroxyl groups excluding tert-OH is 1. The Balaban J connectivity index is 1.57. The summed E-state index contributed by atoms with van der Waals surface area (Å²) in [7, 11) is 0. The van der Waals surface area contributed by atoms with E-state index >= 15 is 0 Å². The smallest absolute Gasteiger partial charge is 0.0695 e. The van der Waals surface area contributed by atoms with Crippen LogP contribution in [0.15, 0.2) is 24.3 Å². The van der Waals surface area contributed by atoms with Gasteiger partial charge in [0.25, 0.3) is 0 Å². The van der Waals surface area contributed by atoms with E-state index in [9.17, 15) is 5.11 Å². The molecular formula is C17H24INO. The Labute approximate surface area is 135 Å². The summed E-state index contributed by atoms with van der Waals surface area (Å²) < 4.78 is 1.31. The van der Waals surface area contributed by atoms with Gasteiger partial charge in [-0.1, -0.05) is 25.0 Å². The lowest BCUT2D eigenvalue weighted by molar-refractivity contribution is 0.00871. The number of hydrogen-bond donors (Lipinski definition) is 1. The van der Waals surface area contributed by atoms with Gasteiger partial charge in [-0.25, -0.2) is 0 Å². The fourth-order valence-electron chi connectivity index (χ4n) is 3.82. The van der Waals surface area contributed by atoms with Gasteiger partial charge in [0.05, 0.1) is 6.10 Å². The molecule has 1 aliphatic heterocycles. The molecular weight excluding hydrogens is 361 g/mol. The van der Waals surface area contributed by atoms with Crippen molar-refractivity contribution in [1.82, 2.24) is 4.90 Å². The van der Waals surface area contributed by atoms with Crippen LogP contribution in [0, 0.1) is 3.57 Å². The predicted molar refractivity (Wildman–Crippen MR) is 91.0 cm³/mol. The number of benzene rings is 1. The van der Waals surface area contributed by atoms with E-state index in [0.29, 0.717) is 12.0 Å². The number of hydrogen-bond acceptors (Lipinski definition) is 2. The molecule has 1 aromatic carbocycles. The van der Waals surface area contributed by atoms with Crippen molar-refractivity contribution < 1.29 is 5.11 Å². The van der Waals surface area contributed by atoms with Crippen LogP contribution >= 0.6 is 22.6 Å². The largest absolute Gasteiger partial charge is 0.391 e. The van der Waals surface area contributed by atoms with Gasteiger partial charge in [0.1, 0.15) is 0 Å². The van der Waals surface area contributed by atoms with Crippen LogP contribution in [0.4, 0.5) is 0 Å². The fraction of sp³-hybridized carbons (Fsp3) is 0.647. The maximum atomic E-state index is 10.2. The molecule has 1 saturated heterocycles. The molecule has 0 bridgehead atoms. The maximum Gasteiger partial charge on any atom is 0.0695 e. The highest BCUT2D eigenvalue weighted by Gasteiger charge is 2.31. The molecule has 2 fully saturated rings. The van der Waals surface area contributed by atoms with E-state index in [1.165, 1.54) is 41.2 Å². The number of likely N-dealkylation sites (tertiary alicyclic amines) is 1. The first-order valence-corrected chi connectivity index (χ1v) is 8.99.